The Morgan fingerprint density at radius 1 is 0.717 bits per heavy atom. The van der Waals surface area contributed by atoms with Gasteiger partial charge < -0.3 is 14.4 Å². The van der Waals surface area contributed by atoms with Crippen LogP contribution < -0.4 is 20.2 Å². The summed E-state index contributed by atoms with van der Waals surface area (Å²) in [7, 11) is -0.0436. The van der Waals surface area contributed by atoms with Crippen LogP contribution in [0.4, 0.5) is 17.1 Å². The second-order valence-corrected chi connectivity index (χ2v) is 16.9. The number of rotatable bonds is 5. The zero-order valence-corrected chi connectivity index (χ0v) is 29.6. The first-order chi connectivity index (χ1) is 21.9. The number of para-hydroxylation sites is 3. The van der Waals surface area contributed by atoms with E-state index in [-0.39, 0.29) is 21.1 Å². The Balaban J connectivity index is 0.00000338. The van der Waals surface area contributed by atoms with Crippen LogP contribution in [0.5, 0.6) is 0 Å². The minimum Gasteiger partial charge on any atom is -0.355 e. The van der Waals surface area contributed by atoms with Gasteiger partial charge in [0.15, 0.2) is 0 Å². The van der Waals surface area contributed by atoms with Gasteiger partial charge >= 0.3 is 21.1 Å². The number of nitrogens with zero attached hydrogens (tertiary/aromatic N) is 4. The Kier molecular flexibility index (Phi) is 7.71. The summed E-state index contributed by atoms with van der Waals surface area (Å²) in [5, 5.41) is 4.92. The van der Waals surface area contributed by atoms with Gasteiger partial charge in [0.05, 0.1) is 26.1 Å². The SMILES string of the molecule is Cc1ccccc1-c1ccnc(-n2c3[c-]c([Si](C)(C)c4[c-]c(N5CN(C)c6ccccc65)ccc4)ccc3c3ccccc32)c1.[Pt+2]. The van der Waals surface area contributed by atoms with Gasteiger partial charge in [-0.2, -0.15) is 46.8 Å². The van der Waals surface area contributed by atoms with E-state index in [1.807, 2.05) is 6.20 Å². The second-order valence-electron chi connectivity index (χ2n) is 12.5. The fraction of sp³-hybridized carbons (Fsp3) is 0.125. The van der Waals surface area contributed by atoms with Crippen LogP contribution in [0.15, 0.2) is 121 Å². The van der Waals surface area contributed by atoms with Gasteiger partial charge in [-0.3, -0.25) is 0 Å². The Hall–Kier alpha value is -4.44. The molecule has 6 heteroatoms. The monoisotopic (exact) mass is 793 g/mol. The zero-order chi connectivity index (χ0) is 30.7. The van der Waals surface area contributed by atoms with Crippen LogP contribution in [0.25, 0.3) is 38.8 Å². The molecule has 0 saturated carbocycles. The van der Waals surface area contributed by atoms with Crippen LogP contribution in [0.2, 0.25) is 13.1 Å². The molecule has 228 valence electrons. The first-order valence-electron chi connectivity index (χ1n) is 15.5. The van der Waals surface area contributed by atoms with Crippen molar-refractivity contribution in [3.8, 4) is 16.9 Å². The average Bonchev–Trinajstić information content (AvgIpc) is 3.59. The molecule has 2 aromatic heterocycles. The normalized spacial score (nSPS) is 12.9. The van der Waals surface area contributed by atoms with E-state index in [0.29, 0.717) is 0 Å². The van der Waals surface area contributed by atoms with Gasteiger partial charge in [-0.1, -0.05) is 78.9 Å². The Morgan fingerprint density at radius 3 is 2.30 bits per heavy atom. The van der Waals surface area contributed by atoms with Crippen molar-refractivity contribution in [2.45, 2.75) is 20.0 Å². The van der Waals surface area contributed by atoms with Crippen LogP contribution in [-0.4, -0.2) is 31.3 Å². The summed E-state index contributed by atoms with van der Waals surface area (Å²) in [5.41, 5.74) is 9.43. The molecule has 0 saturated heterocycles. The van der Waals surface area contributed by atoms with E-state index >= 15 is 0 Å². The van der Waals surface area contributed by atoms with Crippen molar-refractivity contribution in [1.29, 1.82) is 0 Å². The zero-order valence-electron chi connectivity index (χ0n) is 26.4. The molecular formula is C40H34N4PtSi. The van der Waals surface area contributed by atoms with E-state index in [1.165, 1.54) is 43.6 Å². The maximum absolute atomic E-state index is 4.91. The predicted octanol–water partition coefficient (Wildman–Crippen LogP) is 8.12. The van der Waals surface area contributed by atoms with Gasteiger partial charge in [0, 0.05) is 18.8 Å². The van der Waals surface area contributed by atoms with Crippen molar-refractivity contribution in [3.63, 3.8) is 0 Å². The Labute approximate surface area is 286 Å². The summed E-state index contributed by atoms with van der Waals surface area (Å²) >= 11 is 0. The summed E-state index contributed by atoms with van der Waals surface area (Å²) in [6.45, 7) is 7.80. The molecule has 5 aromatic carbocycles. The number of benzene rings is 5. The molecule has 0 N–H and O–H groups in total. The van der Waals surface area contributed by atoms with Crippen molar-refractivity contribution in [3.05, 3.63) is 139 Å². The van der Waals surface area contributed by atoms with E-state index in [4.69, 9.17) is 4.98 Å². The summed E-state index contributed by atoms with van der Waals surface area (Å²) in [6.07, 6.45) is 1.93. The van der Waals surface area contributed by atoms with Gasteiger partial charge in [-0.25, -0.2) is 4.98 Å². The summed E-state index contributed by atoms with van der Waals surface area (Å²) in [6, 6.07) is 49.1. The molecule has 1 aliphatic heterocycles. The fourth-order valence-electron chi connectivity index (χ4n) is 6.81. The molecule has 3 heterocycles. The first-order valence-corrected chi connectivity index (χ1v) is 18.5. The van der Waals surface area contributed by atoms with Crippen LogP contribution in [0.1, 0.15) is 5.56 Å². The van der Waals surface area contributed by atoms with Crippen molar-refractivity contribution in [1.82, 2.24) is 9.55 Å². The minimum absolute atomic E-state index is 0. The number of aryl methyl sites for hydroxylation is 1. The third-order valence-corrected chi connectivity index (χ3v) is 12.6. The van der Waals surface area contributed by atoms with Crippen LogP contribution in [0, 0.1) is 19.1 Å². The molecule has 0 radical (unpaired) electrons. The smallest absolute Gasteiger partial charge is 0.355 e. The average molecular weight is 794 g/mol. The van der Waals surface area contributed by atoms with Crippen molar-refractivity contribution >= 4 is 57.3 Å². The molecule has 1 aliphatic rings. The molecule has 4 nitrogen and oxygen atoms in total. The Morgan fingerprint density at radius 2 is 1.46 bits per heavy atom. The second kappa shape index (κ2) is 11.7. The summed E-state index contributed by atoms with van der Waals surface area (Å²) in [5.74, 6) is 0.903. The predicted molar refractivity (Wildman–Crippen MR) is 191 cm³/mol. The Bertz CT molecular complexity index is 2240. The van der Waals surface area contributed by atoms with Crippen LogP contribution in [0.3, 0.4) is 0 Å². The molecule has 8 rings (SSSR count). The molecule has 46 heavy (non-hydrogen) atoms. The van der Waals surface area contributed by atoms with E-state index in [9.17, 15) is 0 Å². The molecule has 0 fully saturated rings. The van der Waals surface area contributed by atoms with Gasteiger partial charge in [-0.15, -0.1) is 11.5 Å². The maximum Gasteiger partial charge on any atom is 2.00 e. The van der Waals surface area contributed by atoms with Gasteiger partial charge in [0.2, 0.25) is 0 Å². The number of pyridine rings is 1. The van der Waals surface area contributed by atoms with Crippen LogP contribution >= 0.6 is 0 Å². The largest absolute Gasteiger partial charge is 2.00 e. The topological polar surface area (TPSA) is 24.3 Å². The fourth-order valence-corrected chi connectivity index (χ4v) is 8.98. The number of hydrogen-bond donors (Lipinski definition) is 0. The van der Waals surface area contributed by atoms with E-state index < -0.39 is 8.07 Å². The number of aromatic nitrogens is 2. The van der Waals surface area contributed by atoms with E-state index in [2.05, 4.69) is 169 Å². The first kappa shape index (κ1) is 30.2. The quantitative estimate of drug-likeness (QED) is 0.130. The van der Waals surface area contributed by atoms with Crippen LogP contribution in [-0.2, 0) is 21.1 Å². The van der Waals surface area contributed by atoms with Crippen molar-refractivity contribution in [2.75, 3.05) is 23.5 Å². The third kappa shape index (κ3) is 4.90. The number of fused-ring (bicyclic) bond motifs is 4. The molecule has 0 atom stereocenters. The van der Waals surface area contributed by atoms with E-state index in [0.717, 1.165) is 34.8 Å². The standard InChI is InChI=1S/C40H34N4Si.Pt/c1-28-12-5-6-15-33(28)29-22-23-41-40(24-29)44-36-17-8-7-16-34(36)35-21-20-32(26-39(35)44)45(3,4)31-14-11-13-30(25-31)43-27-42(2)37-18-9-10-19-38(37)43;/h5-24H,27H2,1-4H3;/q-2;+2. The van der Waals surface area contributed by atoms with Gasteiger partial charge in [0.1, 0.15) is 5.82 Å². The molecule has 7 aromatic rings. The van der Waals surface area contributed by atoms with Gasteiger partial charge in [-0.05, 0) is 59.3 Å². The van der Waals surface area contributed by atoms with Gasteiger partial charge in [0.25, 0.3) is 0 Å². The number of anilines is 3. The van der Waals surface area contributed by atoms with E-state index in [1.54, 1.807) is 0 Å². The molecular weight excluding hydrogens is 760 g/mol. The molecule has 0 bridgehead atoms. The molecule has 0 amide bonds. The van der Waals surface area contributed by atoms with Crippen molar-refractivity contribution < 1.29 is 21.1 Å². The summed E-state index contributed by atoms with van der Waals surface area (Å²) < 4.78 is 2.29. The minimum atomic E-state index is -2.19. The molecule has 0 spiro atoms. The third-order valence-electron chi connectivity index (χ3n) is 9.37. The molecule has 0 aliphatic carbocycles. The summed E-state index contributed by atoms with van der Waals surface area (Å²) in [4.78, 5) is 9.56. The maximum atomic E-state index is 4.91. The number of hydrogen-bond acceptors (Lipinski definition) is 3. The van der Waals surface area contributed by atoms with Crippen molar-refractivity contribution in [2.24, 2.45) is 0 Å². The molecule has 0 unspecified atom stereocenters.